The summed E-state index contributed by atoms with van der Waals surface area (Å²) in [5.41, 5.74) is 2.77. The highest BCUT2D eigenvalue weighted by Gasteiger charge is 2.20. The molecule has 0 heterocycles. The van der Waals surface area contributed by atoms with Crippen molar-refractivity contribution in [1.82, 2.24) is 5.32 Å². The van der Waals surface area contributed by atoms with Gasteiger partial charge in [-0.3, -0.25) is 4.79 Å². The van der Waals surface area contributed by atoms with Crippen molar-refractivity contribution in [2.24, 2.45) is 0 Å². The summed E-state index contributed by atoms with van der Waals surface area (Å²) in [4.78, 5) is 12.6. The van der Waals surface area contributed by atoms with Crippen molar-refractivity contribution in [2.45, 2.75) is 6.92 Å². The molecule has 0 saturated heterocycles. The molecule has 22 heavy (non-hydrogen) atoms. The minimum absolute atomic E-state index is 0.134. The van der Waals surface area contributed by atoms with Crippen molar-refractivity contribution in [3.63, 3.8) is 0 Å². The lowest BCUT2D eigenvalue weighted by molar-refractivity contribution is 0.103. The topological polar surface area (TPSA) is 29.1 Å². The van der Waals surface area contributed by atoms with Crippen LogP contribution in [0.1, 0.15) is 22.8 Å². The zero-order valence-corrected chi connectivity index (χ0v) is 12.7. The highest BCUT2D eigenvalue weighted by molar-refractivity contribution is 6.22. The summed E-state index contributed by atoms with van der Waals surface area (Å²) in [5, 5.41) is 5.50. The van der Waals surface area contributed by atoms with E-state index in [2.05, 4.69) is 23.5 Å². The Morgan fingerprint density at radius 2 is 1.91 bits per heavy atom. The van der Waals surface area contributed by atoms with Crippen molar-refractivity contribution in [3.8, 4) is 0 Å². The quantitative estimate of drug-likeness (QED) is 0.662. The lowest BCUT2D eigenvalue weighted by atomic mass is 9.88. The van der Waals surface area contributed by atoms with E-state index in [1.807, 2.05) is 55.5 Å². The van der Waals surface area contributed by atoms with Crippen LogP contribution in [0.4, 0.5) is 0 Å². The maximum Gasteiger partial charge on any atom is 0.190 e. The zero-order chi connectivity index (χ0) is 15.4. The fraction of sp³-hybridized carbons (Fsp3) is 0.150. The highest BCUT2D eigenvalue weighted by Crippen LogP contribution is 2.30. The number of hydrogen-bond donors (Lipinski definition) is 1. The summed E-state index contributed by atoms with van der Waals surface area (Å²) in [5.74, 6) is 0.134. The first-order valence-corrected chi connectivity index (χ1v) is 7.57. The van der Waals surface area contributed by atoms with Crippen LogP contribution in [-0.4, -0.2) is 18.9 Å². The lowest BCUT2D eigenvalue weighted by Crippen LogP contribution is -2.22. The van der Waals surface area contributed by atoms with E-state index in [1.54, 1.807) is 0 Å². The van der Waals surface area contributed by atoms with Crippen LogP contribution in [0.2, 0.25) is 0 Å². The summed E-state index contributed by atoms with van der Waals surface area (Å²) in [6.07, 6.45) is 10.0. The molecule has 1 aliphatic rings. The van der Waals surface area contributed by atoms with E-state index >= 15 is 0 Å². The van der Waals surface area contributed by atoms with Crippen LogP contribution in [0.3, 0.4) is 0 Å². The van der Waals surface area contributed by atoms with E-state index in [0.717, 1.165) is 34.0 Å². The van der Waals surface area contributed by atoms with Crippen LogP contribution in [0.5, 0.6) is 0 Å². The Morgan fingerprint density at radius 1 is 1.09 bits per heavy atom. The molecule has 110 valence electrons. The summed E-state index contributed by atoms with van der Waals surface area (Å²) in [6.45, 7) is 3.33. The Kier molecular flexibility index (Phi) is 4.31. The maximum atomic E-state index is 12.6. The predicted octanol–water partition coefficient (Wildman–Crippen LogP) is 4.14. The van der Waals surface area contributed by atoms with Crippen molar-refractivity contribution in [1.29, 1.82) is 0 Å². The molecular formula is C20H19NO. The molecule has 0 bridgehead atoms. The van der Waals surface area contributed by atoms with E-state index in [1.165, 1.54) is 0 Å². The Hall–Kier alpha value is -2.45. The van der Waals surface area contributed by atoms with Crippen LogP contribution in [0, 0.1) is 0 Å². The number of nitrogens with one attached hydrogen (secondary N) is 1. The predicted molar refractivity (Wildman–Crippen MR) is 93.1 cm³/mol. The van der Waals surface area contributed by atoms with Gasteiger partial charge in [0, 0.05) is 29.6 Å². The van der Waals surface area contributed by atoms with Gasteiger partial charge < -0.3 is 5.32 Å². The largest absolute Gasteiger partial charge is 0.309 e. The van der Waals surface area contributed by atoms with Crippen LogP contribution < -0.4 is 5.32 Å². The number of rotatable bonds is 5. The van der Waals surface area contributed by atoms with Gasteiger partial charge in [0.05, 0.1) is 0 Å². The third-order valence-corrected chi connectivity index (χ3v) is 3.82. The van der Waals surface area contributed by atoms with Gasteiger partial charge in [-0.15, -0.1) is 0 Å². The van der Waals surface area contributed by atoms with Crippen molar-refractivity contribution in [3.05, 3.63) is 77.4 Å². The number of carbonyl (C=O) groups is 1. The van der Waals surface area contributed by atoms with Crippen LogP contribution in [0.15, 0.2) is 66.3 Å². The van der Waals surface area contributed by atoms with Crippen LogP contribution in [0.25, 0.3) is 16.8 Å². The zero-order valence-electron chi connectivity index (χ0n) is 12.7. The van der Waals surface area contributed by atoms with Crippen molar-refractivity contribution >= 4 is 22.6 Å². The highest BCUT2D eigenvalue weighted by atomic mass is 16.1. The van der Waals surface area contributed by atoms with Crippen LogP contribution >= 0.6 is 0 Å². The second kappa shape index (κ2) is 6.54. The molecular weight excluding hydrogens is 270 g/mol. The van der Waals surface area contributed by atoms with Crippen molar-refractivity contribution in [2.75, 3.05) is 13.1 Å². The number of allylic oxidation sites excluding steroid dienone is 3. The van der Waals surface area contributed by atoms with E-state index in [4.69, 9.17) is 0 Å². The molecule has 2 aromatic rings. The standard InChI is InChI=1S/C20H19NO/c1-2-3-4-5-12-21-14-17-13-16-10-6-8-15-9-7-11-18(19(15)16)20(17)22/h2-11,13,21H,12,14H2,1H3/b3-2-,5-4-. The summed E-state index contributed by atoms with van der Waals surface area (Å²) < 4.78 is 0. The van der Waals surface area contributed by atoms with E-state index in [-0.39, 0.29) is 5.78 Å². The first-order chi connectivity index (χ1) is 10.8. The van der Waals surface area contributed by atoms with E-state index in [0.29, 0.717) is 6.54 Å². The molecule has 0 saturated carbocycles. The maximum absolute atomic E-state index is 12.6. The number of benzene rings is 2. The first kappa shape index (κ1) is 14.5. The lowest BCUT2D eigenvalue weighted by Gasteiger charge is -2.17. The smallest absolute Gasteiger partial charge is 0.190 e. The molecule has 0 spiro atoms. The number of carbonyl (C=O) groups excluding carboxylic acids is 1. The van der Waals surface area contributed by atoms with Gasteiger partial charge in [-0.1, -0.05) is 60.7 Å². The first-order valence-electron chi connectivity index (χ1n) is 7.57. The number of hydrogen-bond acceptors (Lipinski definition) is 2. The molecule has 0 radical (unpaired) electrons. The average Bonchev–Trinajstić information content (AvgIpc) is 2.55. The molecule has 1 N–H and O–H groups in total. The second-order valence-corrected chi connectivity index (χ2v) is 5.33. The third-order valence-electron chi connectivity index (χ3n) is 3.82. The van der Waals surface area contributed by atoms with Gasteiger partial charge in [0.25, 0.3) is 0 Å². The molecule has 0 aliphatic heterocycles. The SMILES string of the molecule is C/C=C\C=C/CNCC1=Cc2cccc3cccc(c23)C1=O. The summed E-state index contributed by atoms with van der Waals surface area (Å²) in [7, 11) is 0. The van der Waals surface area contributed by atoms with Gasteiger partial charge in [-0.05, 0) is 23.9 Å². The molecule has 0 amide bonds. The van der Waals surface area contributed by atoms with Gasteiger partial charge in [0.2, 0.25) is 0 Å². The van der Waals surface area contributed by atoms with Gasteiger partial charge in [0.15, 0.2) is 5.78 Å². The molecule has 0 fully saturated rings. The summed E-state index contributed by atoms with van der Waals surface area (Å²) >= 11 is 0. The van der Waals surface area contributed by atoms with E-state index < -0.39 is 0 Å². The number of ketones is 1. The minimum atomic E-state index is 0.134. The van der Waals surface area contributed by atoms with Gasteiger partial charge in [-0.25, -0.2) is 0 Å². The molecule has 2 aromatic carbocycles. The van der Waals surface area contributed by atoms with Gasteiger partial charge >= 0.3 is 0 Å². The molecule has 3 rings (SSSR count). The Balaban J connectivity index is 1.81. The molecule has 0 atom stereocenters. The van der Waals surface area contributed by atoms with Gasteiger partial charge in [-0.2, -0.15) is 0 Å². The molecule has 2 heteroatoms. The molecule has 2 nitrogen and oxygen atoms in total. The Bertz CT molecular complexity index is 791. The summed E-state index contributed by atoms with van der Waals surface area (Å²) in [6, 6.07) is 12.1. The van der Waals surface area contributed by atoms with Crippen LogP contribution in [-0.2, 0) is 0 Å². The van der Waals surface area contributed by atoms with E-state index in [9.17, 15) is 4.79 Å². The van der Waals surface area contributed by atoms with Gasteiger partial charge in [0.1, 0.15) is 0 Å². The molecule has 0 unspecified atom stereocenters. The minimum Gasteiger partial charge on any atom is -0.309 e. The normalized spacial score (nSPS) is 14.2. The fourth-order valence-corrected chi connectivity index (χ4v) is 2.78. The van der Waals surface area contributed by atoms with Crippen molar-refractivity contribution < 1.29 is 4.79 Å². The Morgan fingerprint density at radius 3 is 2.73 bits per heavy atom. The monoisotopic (exact) mass is 289 g/mol. The third kappa shape index (κ3) is 2.78. The second-order valence-electron chi connectivity index (χ2n) is 5.33. The number of Topliss-reactive ketones (excluding diaryl/α,β-unsaturated/α-hetero) is 1. The fourth-order valence-electron chi connectivity index (χ4n) is 2.78. The molecule has 1 aliphatic carbocycles. The molecule has 0 aromatic heterocycles. The average molecular weight is 289 g/mol. The Labute approximate surface area is 130 Å².